The minimum atomic E-state index is 0.240. The molecule has 0 unspecified atom stereocenters. The first-order chi connectivity index (χ1) is 12.3. The first kappa shape index (κ1) is 16.2. The third-order valence-electron chi connectivity index (χ3n) is 4.67. The van der Waals surface area contributed by atoms with Crippen molar-refractivity contribution in [3.05, 3.63) is 54.1 Å². The van der Waals surface area contributed by atoms with Gasteiger partial charge in [-0.2, -0.15) is 0 Å². The quantitative estimate of drug-likeness (QED) is 0.784. The molecule has 128 valence electrons. The lowest BCUT2D eigenvalue weighted by molar-refractivity contribution is -0.132. The molecule has 2 aliphatic rings. The number of amides is 1. The maximum absolute atomic E-state index is 11.9. The predicted molar refractivity (Wildman–Crippen MR) is 102 cm³/mol. The molecule has 1 fully saturated rings. The Balaban J connectivity index is 1.68. The van der Waals surface area contributed by atoms with E-state index in [2.05, 4.69) is 47.4 Å². The second-order valence-corrected chi connectivity index (χ2v) is 7.31. The van der Waals surface area contributed by atoms with Crippen LogP contribution in [0.3, 0.4) is 0 Å². The Morgan fingerprint density at radius 1 is 1.00 bits per heavy atom. The van der Waals surface area contributed by atoms with Gasteiger partial charge in [0, 0.05) is 48.0 Å². The van der Waals surface area contributed by atoms with E-state index in [1.165, 1.54) is 15.4 Å². The molecule has 2 heterocycles. The Morgan fingerprint density at radius 2 is 1.68 bits per heavy atom. The molecule has 0 spiro atoms. The fourth-order valence-electron chi connectivity index (χ4n) is 3.30. The number of fused-ring (bicyclic) bond motifs is 2. The van der Waals surface area contributed by atoms with E-state index in [0.29, 0.717) is 6.42 Å². The summed E-state index contributed by atoms with van der Waals surface area (Å²) in [4.78, 5) is 23.7. The van der Waals surface area contributed by atoms with Crippen molar-refractivity contribution >= 4 is 29.2 Å². The van der Waals surface area contributed by atoms with E-state index in [9.17, 15) is 4.79 Å². The average molecular weight is 351 g/mol. The summed E-state index contributed by atoms with van der Waals surface area (Å²) >= 11 is 1.77. The van der Waals surface area contributed by atoms with Crippen molar-refractivity contribution in [3.8, 4) is 0 Å². The maximum Gasteiger partial charge on any atom is 0.222 e. The summed E-state index contributed by atoms with van der Waals surface area (Å²) < 4.78 is 0. The van der Waals surface area contributed by atoms with Gasteiger partial charge in [-0.15, -0.1) is 0 Å². The Morgan fingerprint density at radius 3 is 2.44 bits per heavy atom. The van der Waals surface area contributed by atoms with Crippen LogP contribution in [0.2, 0.25) is 0 Å². The van der Waals surface area contributed by atoms with Crippen molar-refractivity contribution in [1.29, 1.82) is 0 Å². The van der Waals surface area contributed by atoms with E-state index in [-0.39, 0.29) is 5.91 Å². The smallest absolute Gasteiger partial charge is 0.222 e. The highest BCUT2D eigenvalue weighted by Crippen LogP contribution is 2.40. The zero-order valence-corrected chi connectivity index (χ0v) is 15.1. The third kappa shape index (κ3) is 3.16. The van der Waals surface area contributed by atoms with E-state index in [4.69, 9.17) is 4.99 Å². The summed E-state index contributed by atoms with van der Waals surface area (Å²) in [5, 5.41) is 0. The van der Waals surface area contributed by atoms with Gasteiger partial charge >= 0.3 is 0 Å². The van der Waals surface area contributed by atoms with Crippen LogP contribution in [0.25, 0.3) is 0 Å². The molecule has 0 aromatic heterocycles. The van der Waals surface area contributed by atoms with Crippen LogP contribution in [0.1, 0.15) is 18.9 Å². The fourth-order valence-corrected chi connectivity index (χ4v) is 4.32. The summed E-state index contributed by atoms with van der Waals surface area (Å²) in [6, 6.07) is 16.8. The molecule has 0 radical (unpaired) electrons. The number of piperazine rings is 1. The number of rotatable bonds is 1. The molecule has 0 N–H and O–H groups in total. The Hall–Kier alpha value is -2.27. The van der Waals surface area contributed by atoms with Crippen LogP contribution in [0.15, 0.2) is 63.3 Å². The summed E-state index contributed by atoms with van der Waals surface area (Å²) in [5.74, 6) is 1.26. The van der Waals surface area contributed by atoms with Crippen molar-refractivity contribution in [2.24, 2.45) is 4.99 Å². The molecule has 4 rings (SSSR count). The number of carbonyl (C=O) groups is 1. The fraction of sp³-hybridized carbons (Fsp3) is 0.300. The van der Waals surface area contributed by atoms with E-state index in [1.807, 2.05) is 17.9 Å². The van der Waals surface area contributed by atoms with Crippen LogP contribution in [0.5, 0.6) is 0 Å². The molecule has 0 bridgehead atoms. The van der Waals surface area contributed by atoms with Crippen molar-refractivity contribution < 1.29 is 4.79 Å². The van der Waals surface area contributed by atoms with Gasteiger partial charge in [0.15, 0.2) is 0 Å². The topological polar surface area (TPSA) is 35.9 Å². The molecule has 2 aromatic carbocycles. The monoisotopic (exact) mass is 351 g/mol. The van der Waals surface area contributed by atoms with Crippen molar-refractivity contribution in [3.63, 3.8) is 0 Å². The van der Waals surface area contributed by atoms with E-state index < -0.39 is 0 Å². The van der Waals surface area contributed by atoms with Crippen molar-refractivity contribution in [2.75, 3.05) is 26.2 Å². The molecule has 0 aliphatic carbocycles. The summed E-state index contributed by atoms with van der Waals surface area (Å²) in [7, 11) is 0. The normalized spacial score (nSPS) is 16.6. The SMILES string of the molecule is CCC(=O)N1CCN(C2=Nc3ccccc3Sc3ccccc32)CC1. The summed E-state index contributed by atoms with van der Waals surface area (Å²) in [5.41, 5.74) is 2.20. The largest absolute Gasteiger partial charge is 0.353 e. The summed E-state index contributed by atoms with van der Waals surface area (Å²) in [6.07, 6.45) is 0.577. The molecular weight excluding hydrogens is 330 g/mol. The molecule has 0 saturated carbocycles. The van der Waals surface area contributed by atoms with Crippen LogP contribution < -0.4 is 0 Å². The van der Waals surface area contributed by atoms with Crippen molar-refractivity contribution in [1.82, 2.24) is 9.80 Å². The molecule has 1 saturated heterocycles. The number of aliphatic imine (C=N–C) groups is 1. The number of benzene rings is 2. The maximum atomic E-state index is 11.9. The lowest BCUT2D eigenvalue weighted by Crippen LogP contribution is -2.50. The van der Waals surface area contributed by atoms with E-state index >= 15 is 0 Å². The van der Waals surface area contributed by atoms with E-state index in [0.717, 1.165) is 37.7 Å². The molecular formula is C20H21N3OS. The predicted octanol–water partition coefficient (Wildman–Crippen LogP) is 3.78. The molecule has 25 heavy (non-hydrogen) atoms. The average Bonchev–Trinajstić information content (AvgIpc) is 2.84. The minimum absolute atomic E-state index is 0.240. The highest BCUT2D eigenvalue weighted by molar-refractivity contribution is 7.99. The standard InChI is InChI=1S/C20H21N3OS/c1-2-19(24)22-11-13-23(14-12-22)20-15-7-3-5-9-17(15)25-18-10-6-4-8-16(18)21-20/h3-10H,2,11-14H2,1H3. The number of carbonyl (C=O) groups excluding carboxylic acids is 1. The zero-order chi connectivity index (χ0) is 17.2. The summed E-state index contributed by atoms with van der Waals surface area (Å²) in [6.45, 7) is 5.11. The van der Waals surface area contributed by atoms with Crippen LogP contribution in [-0.2, 0) is 4.79 Å². The van der Waals surface area contributed by atoms with Gasteiger partial charge in [-0.1, -0.05) is 49.0 Å². The molecule has 5 heteroatoms. The highest BCUT2D eigenvalue weighted by atomic mass is 32.2. The number of hydrogen-bond acceptors (Lipinski definition) is 4. The number of para-hydroxylation sites is 1. The first-order valence-electron chi connectivity index (χ1n) is 8.74. The van der Waals surface area contributed by atoms with Crippen LogP contribution >= 0.6 is 11.8 Å². The molecule has 2 aliphatic heterocycles. The van der Waals surface area contributed by atoms with Gasteiger partial charge in [0.2, 0.25) is 5.91 Å². The van der Waals surface area contributed by atoms with Crippen LogP contribution in [0.4, 0.5) is 5.69 Å². The molecule has 2 aromatic rings. The first-order valence-corrected chi connectivity index (χ1v) is 9.55. The minimum Gasteiger partial charge on any atom is -0.353 e. The molecule has 0 atom stereocenters. The Labute approximate surface area is 152 Å². The molecule has 4 nitrogen and oxygen atoms in total. The highest BCUT2D eigenvalue weighted by Gasteiger charge is 2.26. The molecule has 1 amide bonds. The Kier molecular flexibility index (Phi) is 4.49. The van der Waals surface area contributed by atoms with Gasteiger partial charge in [-0.3, -0.25) is 4.79 Å². The number of amidine groups is 1. The van der Waals surface area contributed by atoms with Gasteiger partial charge in [-0.05, 0) is 18.2 Å². The van der Waals surface area contributed by atoms with Gasteiger partial charge in [0.25, 0.3) is 0 Å². The number of hydrogen-bond donors (Lipinski definition) is 0. The zero-order valence-electron chi connectivity index (χ0n) is 14.3. The second kappa shape index (κ2) is 6.92. The second-order valence-electron chi connectivity index (χ2n) is 6.22. The van der Waals surface area contributed by atoms with Gasteiger partial charge in [0.05, 0.1) is 5.69 Å². The van der Waals surface area contributed by atoms with E-state index in [1.54, 1.807) is 11.8 Å². The van der Waals surface area contributed by atoms with Crippen LogP contribution in [-0.4, -0.2) is 47.7 Å². The van der Waals surface area contributed by atoms with Gasteiger partial charge in [-0.25, -0.2) is 4.99 Å². The Bertz CT molecular complexity index is 825. The van der Waals surface area contributed by atoms with Gasteiger partial charge in [0.1, 0.15) is 5.84 Å². The van der Waals surface area contributed by atoms with Crippen LogP contribution in [0, 0.1) is 0 Å². The lowest BCUT2D eigenvalue weighted by atomic mass is 10.1. The lowest BCUT2D eigenvalue weighted by Gasteiger charge is -2.36. The third-order valence-corrected chi connectivity index (χ3v) is 5.81. The number of nitrogens with zero attached hydrogens (tertiary/aromatic N) is 3. The van der Waals surface area contributed by atoms with Gasteiger partial charge < -0.3 is 9.80 Å². The van der Waals surface area contributed by atoms with Crippen molar-refractivity contribution in [2.45, 2.75) is 23.1 Å².